The van der Waals surface area contributed by atoms with Crippen molar-refractivity contribution in [2.24, 2.45) is 4.99 Å². The Morgan fingerprint density at radius 3 is 2.56 bits per heavy atom. The molecule has 218 valence electrons. The van der Waals surface area contributed by atoms with Crippen LogP contribution in [0.2, 0.25) is 5.02 Å². The first-order chi connectivity index (χ1) is 19.6. The number of amidine groups is 1. The molecule has 10 nitrogen and oxygen atoms in total. The van der Waals surface area contributed by atoms with Crippen molar-refractivity contribution in [2.75, 3.05) is 43.9 Å². The van der Waals surface area contributed by atoms with Crippen molar-refractivity contribution in [3.63, 3.8) is 0 Å². The molecule has 0 radical (unpaired) electrons. The lowest BCUT2D eigenvalue weighted by Crippen LogP contribution is -2.60. The fourth-order valence-corrected chi connectivity index (χ4v) is 5.93. The zero-order valence-electron chi connectivity index (χ0n) is 23.5. The molecule has 0 aliphatic carbocycles. The van der Waals surface area contributed by atoms with E-state index in [4.69, 9.17) is 21.3 Å². The Morgan fingerprint density at radius 2 is 1.83 bits per heavy atom. The second-order valence-corrected chi connectivity index (χ2v) is 11.7. The van der Waals surface area contributed by atoms with E-state index in [0.717, 1.165) is 13.1 Å². The molecule has 3 aromatic carbocycles. The van der Waals surface area contributed by atoms with Gasteiger partial charge in [-0.05, 0) is 62.5 Å². The third-order valence-corrected chi connectivity index (χ3v) is 8.66. The lowest BCUT2D eigenvalue weighted by molar-refractivity contribution is 0.0948. The van der Waals surface area contributed by atoms with Crippen molar-refractivity contribution in [3.8, 4) is 5.75 Å². The first kappa shape index (κ1) is 30.3. The third kappa shape index (κ3) is 7.17. The monoisotopic (exact) mass is 598 g/mol. The number of halogens is 1. The van der Waals surface area contributed by atoms with Crippen LogP contribution in [0, 0.1) is 0 Å². The van der Waals surface area contributed by atoms with Crippen molar-refractivity contribution < 1.29 is 17.9 Å². The van der Waals surface area contributed by atoms with Gasteiger partial charge in [0, 0.05) is 24.7 Å². The van der Waals surface area contributed by atoms with Gasteiger partial charge < -0.3 is 25.6 Å². The van der Waals surface area contributed by atoms with Crippen LogP contribution in [0.4, 0.5) is 17.1 Å². The molecule has 0 saturated carbocycles. The minimum Gasteiger partial charge on any atom is -0.497 e. The molecule has 1 heterocycles. The standard InChI is InChI=1S/C29H35ClN6O4S/c1-5-36(6-2)17-16-31-27(37)20-10-9-11-22(18-20)41(38,39)35-29(3)28(32-24-12-7-8-13-25(24)34-29)33-26-19-21(40-4)14-15-23(26)30/h7-15,18-19,34-35H,5-6,16-17H2,1-4H3,(H,31,37)(H,32,33). The SMILES string of the molecule is CCN(CC)CCNC(=O)c1cccc(S(=O)(=O)NC2(C)Nc3ccccc3N=C2Nc2cc(OC)ccc2Cl)c1. The number of methoxy groups -OCH3 is 1. The molecule has 1 aliphatic rings. The molecule has 1 atom stereocenters. The lowest BCUT2D eigenvalue weighted by atomic mass is 10.1. The van der Waals surface area contributed by atoms with Gasteiger partial charge in [0.1, 0.15) is 11.6 Å². The molecule has 0 saturated heterocycles. The fourth-order valence-electron chi connectivity index (χ4n) is 4.42. The maximum absolute atomic E-state index is 13.7. The predicted molar refractivity (Wildman–Crippen MR) is 164 cm³/mol. The van der Waals surface area contributed by atoms with Gasteiger partial charge >= 0.3 is 0 Å². The molecule has 4 N–H and O–H groups in total. The number of carbonyl (C=O) groups excluding carboxylic acids is 1. The number of sulfonamides is 1. The number of hydrogen-bond donors (Lipinski definition) is 4. The number of anilines is 2. The first-order valence-corrected chi connectivity index (χ1v) is 15.2. The van der Waals surface area contributed by atoms with Crippen LogP contribution in [-0.4, -0.2) is 64.0 Å². The van der Waals surface area contributed by atoms with Crippen molar-refractivity contribution in [1.82, 2.24) is 14.9 Å². The van der Waals surface area contributed by atoms with Crippen LogP contribution < -0.4 is 25.4 Å². The normalized spacial score (nSPS) is 16.4. The summed E-state index contributed by atoms with van der Waals surface area (Å²) in [6.45, 7) is 8.70. The van der Waals surface area contributed by atoms with Gasteiger partial charge in [0.2, 0.25) is 10.0 Å². The predicted octanol–water partition coefficient (Wildman–Crippen LogP) is 4.68. The highest BCUT2D eigenvalue weighted by Gasteiger charge is 2.39. The Kier molecular flexibility index (Phi) is 9.54. The highest BCUT2D eigenvalue weighted by molar-refractivity contribution is 7.89. The smallest absolute Gasteiger partial charge is 0.251 e. The number of ether oxygens (including phenoxy) is 1. The summed E-state index contributed by atoms with van der Waals surface area (Å²) < 4.78 is 35.5. The van der Waals surface area contributed by atoms with Gasteiger partial charge in [-0.15, -0.1) is 0 Å². The van der Waals surface area contributed by atoms with Gasteiger partial charge in [0.15, 0.2) is 5.66 Å². The lowest BCUT2D eigenvalue weighted by Gasteiger charge is -2.37. The number of rotatable bonds is 11. The molecule has 1 unspecified atom stereocenters. The summed E-state index contributed by atoms with van der Waals surface area (Å²) in [6, 6.07) is 18.3. The van der Waals surface area contributed by atoms with E-state index >= 15 is 0 Å². The number of hydrogen-bond acceptors (Lipinski definition) is 8. The van der Waals surface area contributed by atoms with Gasteiger partial charge in [-0.25, -0.2) is 13.4 Å². The zero-order valence-corrected chi connectivity index (χ0v) is 25.1. The summed E-state index contributed by atoms with van der Waals surface area (Å²) in [5.41, 5.74) is 0.576. The quantitative estimate of drug-likeness (QED) is 0.253. The summed E-state index contributed by atoms with van der Waals surface area (Å²) >= 11 is 6.44. The summed E-state index contributed by atoms with van der Waals surface area (Å²) in [6.07, 6.45) is 0. The van der Waals surface area contributed by atoms with Gasteiger partial charge in [-0.1, -0.05) is 43.6 Å². The van der Waals surface area contributed by atoms with Crippen LogP contribution in [0.15, 0.2) is 76.6 Å². The van der Waals surface area contributed by atoms with Crippen molar-refractivity contribution in [2.45, 2.75) is 31.3 Å². The minimum absolute atomic E-state index is 0.0606. The average Bonchev–Trinajstić information content (AvgIpc) is 2.96. The molecule has 3 aromatic rings. The maximum Gasteiger partial charge on any atom is 0.251 e. The van der Waals surface area contributed by atoms with Crippen LogP contribution in [0.1, 0.15) is 31.1 Å². The number of aliphatic imine (C=N–C) groups is 1. The van der Waals surface area contributed by atoms with Gasteiger partial charge in [-0.3, -0.25) is 4.79 Å². The second kappa shape index (κ2) is 12.9. The van der Waals surface area contributed by atoms with Gasteiger partial charge in [0.25, 0.3) is 5.91 Å². The number of fused-ring (bicyclic) bond motifs is 1. The van der Waals surface area contributed by atoms with Gasteiger partial charge in [0.05, 0.1) is 34.1 Å². The van der Waals surface area contributed by atoms with E-state index in [1.165, 1.54) is 12.1 Å². The number of nitrogens with one attached hydrogen (secondary N) is 4. The second-order valence-electron chi connectivity index (χ2n) is 9.61. The number of carbonyl (C=O) groups is 1. The topological polar surface area (TPSA) is 124 Å². The van der Waals surface area contributed by atoms with E-state index in [-0.39, 0.29) is 22.2 Å². The molecule has 1 amide bonds. The number of amides is 1. The number of benzene rings is 3. The molecule has 0 aromatic heterocycles. The Labute approximate surface area is 246 Å². The third-order valence-electron chi connectivity index (χ3n) is 6.77. The molecular weight excluding hydrogens is 564 g/mol. The Morgan fingerprint density at radius 1 is 1.07 bits per heavy atom. The summed E-state index contributed by atoms with van der Waals surface area (Å²) in [4.78, 5) is 19.7. The van der Waals surface area contributed by atoms with E-state index in [0.29, 0.717) is 40.9 Å². The van der Waals surface area contributed by atoms with Gasteiger partial charge in [-0.2, -0.15) is 4.72 Å². The molecular formula is C29H35ClN6O4S. The van der Waals surface area contributed by atoms with Crippen molar-refractivity contribution in [3.05, 3.63) is 77.3 Å². The number of nitrogens with zero attached hydrogens (tertiary/aromatic N) is 2. The maximum atomic E-state index is 13.7. The Bertz CT molecular complexity index is 1540. The zero-order chi connectivity index (χ0) is 29.6. The molecule has 0 bridgehead atoms. The average molecular weight is 599 g/mol. The molecule has 1 aliphatic heterocycles. The molecule has 0 fully saturated rings. The minimum atomic E-state index is -4.15. The van der Waals surface area contributed by atoms with Crippen LogP contribution in [-0.2, 0) is 10.0 Å². The Hall–Kier alpha value is -3.64. The largest absolute Gasteiger partial charge is 0.497 e. The van der Waals surface area contributed by atoms with Crippen molar-refractivity contribution >= 4 is 50.4 Å². The van der Waals surface area contributed by atoms with Crippen LogP contribution in [0.5, 0.6) is 5.75 Å². The van der Waals surface area contributed by atoms with Crippen LogP contribution >= 0.6 is 11.6 Å². The van der Waals surface area contributed by atoms with E-state index in [1.54, 1.807) is 44.4 Å². The molecule has 0 spiro atoms. The van der Waals surface area contributed by atoms with E-state index in [2.05, 4.69) is 39.4 Å². The summed E-state index contributed by atoms with van der Waals surface area (Å²) in [5.74, 6) is 0.484. The molecule has 12 heteroatoms. The Balaban J connectivity index is 1.61. The highest BCUT2D eigenvalue weighted by Crippen LogP contribution is 2.35. The number of para-hydroxylation sites is 2. The summed E-state index contributed by atoms with van der Waals surface area (Å²) in [7, 11) is -2.60. The number of likely N-dealkylation sites (N-methyl/N-ethyl adjacent to an activating group) is 1. The summed E-state index contributed by atoms with van der Waals surface area (Å²) in [5, 5.41) is 9.71. The first-order valence-electron chi connectivity index (χ1n) is 13.3. The molecule has 4 rings (SSSR count). The van der Waals surface area contributed by atoms with Crippen LogP contribution in [0.25, 0.3) is 0 Å². The molecule has 41 heavy (non-hydrogen) atoms. The van der Waals surface area contributed by atoms with Crippen molar-refractivity contribution in [1.29, 1.82) is 0 Å². The van der Waals surface area contributed by atoms with E-state index < -0.39 is 15.7 Å². The van der Waals surface area contributed by atoms with E-state index in [9.17, 15) is 13.2 Å². The van der Waals surface area contributed by atoms with Crippen LogP contribution in [0.3, 0.4) is 0 Å². The van der Waals surface area contributed by atoms with E-state index in [1.807, 2.05) is 24.3 Å². The highest BCUT2D eigenvalue weighted by atomic mass is 35.5. The fraction of sp³-hybridized carbons (Fsp3) is 0.310.